The quantitative estimate of drug-likeness (QED) is 0.453. The maximum atomic E-state index is 12.2. The number of nitrogens with one attached hydrogen (secondary N) is 3. The monoisotopic (exact) mass is 401 g/mol. The van der Waals surface area contributed by atoms with Gasteiger partial charge in [-0.3, -0.25) is 4.79 Å². The molecular formula is C16H24BrN3O4. The van der Waals surface area contributed by atoms with E-state index in [4.69, 9.17) is 5.11 Å². The molecule has 0 aromatic heterocycles. The van der Waals surface area contributed by atoms with Crippen LogP contribution in [-0.2, 0) is 4.79 Å². The number of rotatable bonds is 8. The smallest absolute Gasteiger partial charge is 0.319 e. The van der Waals surface area contributed by atoms with Crippen LogP contribution >= 0.6 is 15.9 Å². The van der Waals surface area contributed by atoms with Crippen LogP contribution in [-0.4, -0.2) is 47.4 Å². The van der Waals surface area contributed by atoms with Crippen LogP contribution in [0.4, 0.5) is 10.5 Å². The molecule has 2 unspecified atom stereocenters. The van der Waals surface area contributed by atoms with Crippen molar-refractivity contribution in [3.05, 3.63) is 28.7 Å². The van der Waals surface area contributed by atoms with E-state index < -0.39 is 30.7 Å². The summed E-state index contributed by atoms with van der Waals surface area (Å²) < 4.78 is 0.896. The van der Waals surface area contributed by atoms with Gasteiger partial charge in [0.05, 0.1) is 12.7 Å². The average Bonchev–Trinajstić information content (AvgIpc) is 2.53. The molecule has 0 aliphatic rings. The number of hydrogen-bond acceptors (Lipinski definition) is 4. The van der Waals surface area contributed by atoms with Crippen molar-refractivity contribution in [2.24, 2.45) is 5.92 Å². The van der Waals surface area contributed by atoms with Crippen LogP contribution in [0.1, 0.15) is 20.3 Å². The summed E-state index contributed by atoms with van der Waals surface area (Å²) in [6.45, 7) is 3.38. The summed E-state index contributed by atoms with van der Waals surface area (Å²) in [5, 5.41) is 25.9. The van der Waals surface area contributed by atoms with Crippen molar-refractivity contribution in [1.29, 1.82) is 0 Å². The van der Waals surface area contributed by atoms with Crippen LogP contribution in [0.15, 0.2) is 28.7 Å². The van der Waals surface area contributed by atoms with Gasteiger partial charge in [-0.05, 0) is 36.6 Å². The summed E-state index contributed by atoms with van der Waals surface area (Å²) in [5.74, 6) is -0.210. The van der Waals surface area contributed by atoms with Crippen molar-refractivity contribution in [3.63, 3.8) is 0 Å². The molecule has 1 aromatic rings. The third kappa shape index (κ3) is 7.76. The first-order valence-corrected chi connectivity index (χ1v) is 8.50. The van der Waals surface area contributed by atoms with Crippen LogP contribution in [0.3, 0.4) is 0 Å². The molecule has 1 aromatic carbocycles. The Morgan fingerprint density at radius 2 is 1.83 bits per heavy atom. The van der Waals surface area contributed by atoms with E-state index in [1.165, 1.54) is 0 Å². The van der Waals surface area contributed by atoms with E-state index in [2.05, 4.69) is 31.9 Å². The van der Waals surface area contributed by atoms with E-state index in [0.717, 1.165) is 4.47 Å². The molecule has 0 saturated heterocycles. The first-order chi connectivity index (χ1) is 11.3. The number of carbonyl (C=O) groups is 2. The molecule has 8 heteroatoms. The summed E-state index contributed by atoms with van der Waals surface area (Å²) >= 11 is 3.31. The Balaban J connectivity index is 2.61. The molecule has 0 fully saturated rings. The lowest BCUT2D eigenvalue weighted by Crippen LogP contribution is -2.50. The summed E-state index contributed by atoms with van der Waals surface area (Å²) in [7, 11) is 0. The molecule has 3 amide bonds. The first kappa shape index (κ1) is 20.4. The van der Waals surface area contributed by atoms with E-state index >= 15 is 0 Å². The van der Waals surface area contributed by atoms with Gasteiger partial charge in [-0.15, -0.1) is 0 Å². The fraction of sp³-hybridized carbons (Fsp3) is 0.500. The van der Waals surface area contributed by atoms with Crippen LogP contribution in [0.5, 0.6) is 0 Å². The van der Waals surface area contributed by atoms with Gasteiger partial charge in [-0.2, -0.15) is 0 Å². The highest BCUT2D eigenvalue weighted by molar-refractivity contribution is 9.10. The lowest BCUT2D eigenvalue weighted by Gasteiger charge is -2.21. The number of halogens is 1. The van der Waals surface area contributed by atoms with E-state index in [-0.39, 0.29) is 12.5 Å². The molecule has 5 N–H and O–H groups in total. The van der Waals surface area contributed by atoms with Crippen molar-refractivity contribution in [2.75, 3.05) is 18.5 Å². The van der Waals surface area contributed by atoms with Gasteiger partial charge in [0, 0.05) is 16.7 Å². The zero-order valence-electron chi connectivity index (χ0n) is 13.8. The van der Waals surface area contributed by atoms with E-state index in [1.807, 2.05) is 13.8 Å². The van der Waals surface area contributed by atoms with E-state index in [1.54, 1.807) is 24.3 Å². The van der Waals surface area contributed by atoms with Gasteiger partial charge in [0.15, 0.2) is 0 Å². The first-order valence-electron chi connectivity index (χ1n) is 7.71. The fourth-order valence-electron chi connectivity index (χ4n) is 1.97. The highest BCUT2D eigenvalue weighted by Crippen LogP contribution is 2.14. The van der Waals surface area contributed by atoms with Crippen molar-refractivity contribution < 1.29 is 19.8 Å². The Morgan fingerprint density at radius 1 is 1.21 bits per heavy atom. The van der Waals surface area contributed by atoms with Gasteiger partial charge in [-0.1, -0.05) is 29.8 Å². The van der Waals surface area contributed by atoms with Crippen LogP contribution < -0.4 is 16.0 Å². The summed E-state index contributed by atoms with van der Waals surface area (Å²) in [6, 6.07) is 5.85. The number of urea groups is 1. The third-order valence-electron chi connectivity index (χ3n) is 3.15. The average molecular weight is 402 g/mol. The molecule has 134 valence electrons. The Labute approximate surface area is 150 Å². The predicted molar refractivity (Wildman–Crippen MR) is 95.6 cm³/mol. The van der Waals surface area contributed by atoms with Gasteiger partial charge >= 0.3 is 6.03 Å². The molecular weight excluding hydrogens is 378 g/mol. The molecule has 0 spiro atoms. The third-order valence-corrected chi connectivity index (χ3v) is 3.68. The van der Waals surface area contributed by atoms with E-state index in [0.29, 0.717) is 12.1 Å². The molecule has 0 aliphatic carbocycles. The summed E-state index contributed by atoms with van der Waals surface area (Å²) in [5.41, 5.74) is 0.607. The van der Waals surface area contributed by atoms with Gasteiger partial charge in [0.1, 0.15) is 6.04 Å². The maximum Gasteiger partial charge on any atom is 0.319 e. The molecule has 0 radical (unpaired) electrons. The summed E-state index contributed by atoms with van der Waals surface area (Å²) in [4.78, 5) is 24.3. The molecule has 0 bridgehead atoms. The second-order valence-electron chi connectivity index (χ2n) is 5.87. The minimum atomic E-state index is -1.02. The Morgan fingerprint density at radius 3 is 2.38 bits per heavy atom. The normalized spacial score (nSPS) is 13.2. The van der Waals surface area contributed by atoms with Crippen LogP contribution in [0.2, 0.25) is 0 Å². The van der Waals surface area contributed by atoms with E-state index in [9.17, 15) is 14.7 Å². The standard InChI is InChI=1S/C16H24BrN3O4/c1-10(2)7-14(15(23)18-8-13(22)9-21)20-16(24)19-12-5-3-11(17)4-6-12/h3-6,10,13-14,21-22H,7-9H2,1-2H3,(H,18,23)(H2,19,20,24). The predicted octanol–water partition coefficient (Wildman–Crippen LogP) is 1.45. The minimum absolute atomic E-state index is 0.0695. The second-order valence-corrected chi connectivity index (χ2v) is 6.78. The molecule has 0 aliphatic heterocycles. The molecule has 0 heterocycles. The highest BCUT2D eigenvalue weighted by Gasteiger charge is 2.22. The number of benzene rings is 1. The Kier molecular flexibility index (Phi) is 8.73. The SMILES string of the molecule is CC(C)CC(NC(=O)Nc1ccc(Br)cc1)C(=O)NCC(O)CO. The maximum absolute atomic E-state index is 12.2. The minimum Gasteiger partial charge on any atom is -0.394 e. The number of aliphatic hydroxyl groups is 2. The van der Waals surface area contributed by atoms with Gasteiger partial charge < -0.3 is 26.2 Å². The van der Waals surface area contributed by atoms with Crippen molar-refractivity contribution in [2.45, 2.75) is 32.4 Å². The number of anilines is 1. The lowest BCUT2D eigenvalue weighted by molar-refractivity contribution is -0.123. The molecule has 2 atom stereocenters. The van der Waals surface area contributed by atoms with Crippen molar-refractivity contribution >= 4 is 33.6 Å². The lowest BCUT2D eigenvalue weighted by atomic mass is 10.0. The number of aliphatic hydroxyl groups excluding tert-OH is 2. The Hall–Kier alpha value is -1.64. The van der Waals surface area contributed by atoms with Gasteiger partial charge in [0.2, 0.25) is 5.91 Å². The van der Waals surface area contributed by atoms with Crippen molar-refractivity contribution in [1.82, 2.24) is 10.6 Å². The highest BCUT2D eigenvalue weighted by atomic mass is 79.9. The molecule has 0 saturated carbocycles. The Bertz CT molecular complexity index is 537. The zero-order valence-corrected chi connectivity index (χ0v) is 15.3. The number of hydrogen-bond donors (Lipinski definition) is 5. The zero-order chi connectivity index (χ0) is 18.1. The topological polar surface area (TPSA) is 111 Å². The molecule has 1 rings (SSSR count). The van der Waals surface area contributed by atoms with Gasteiger partial charge in [0.25, 0.3) is 0 Å². The van der Waals surface area contributed by atoms with Crippen LogP contribution in [0.25, 0.3) is 0 Å². The molecule has 24 heavy (non-hydrogen) atoms. The van der Waals surface area contributed by atoms with Crippen molar-refractivity contribution in [3.8, 4) is 0 Å². The summed E-state index contributed by atoms with van der Waals surface area (Å²) in [6.07, 6.45) is -0.570. The second kappa shape index (κ2) is 10.3. The van der Waals surface area contributed by atoms with Gasteiger partial charge in [-0.25, -0.2) is 4.79 Å². The fourth-order valence-corrected chi connectivity index (χ4v) is 2.23. The molecule has 7 nitrogen and oxygen atoms in total. The number of amides is 3. The number of carbonyl (C=O) groups excluding carboxylic acids is 2. The van der Waals surface area contributed by atoms with Crippen LogP contribution in [0, 0.1) is 5.92 Å². The largest absolute Gasteiger partial charge is 0.394 e.